The maximum atomic E-state index is 12.3. The lowest BCUT2D eigenvalue weighted by molar-refractivity contribution is -0.155. The first-order valence-electron chi connectivity index (χ1n) is 15.4. The molecule has 0 bridgehead atoms. The van der Waals surface area contributed by atoms with Gasteiger partial charge >= 0.3 is 11.9 Å². The summed E-state index contributed by atoms with van der Waals surface area (Å²) in [6.45, 7) is 19.4. The summed E-state index contributed by atoms with van der Waals surface area (Å²) < 4.78 is 18.7. The average molecular weight is 529 g/mol. The van der Waals surface area contributed by atoms with E-state index in [2.05, 4.69) is 54.5 Å². The van der Waals surface area contributed by atoms with Crippen molar-refractivity contribution in [3.8, 4) is 0 Å². The second-order valence-electron chi connectivity index (χ2n) is 14.8. The molecule has 5 rings (SSSR count). The molecule has 0 aromatic rings. The van der Waals surface area contributed by atoms with Crippen molar-refractivity contribution in [2.75, 3.05) is 0 Å². The first-order valence-corrected chi connectivity index (χ1v) is 15.4. The van der Waals surface area contributed by atoms with Gasteiger partial charge in [-0.05, 0) is 92.8 Å². The van der Waals surface area contributed by atoms with Crippen LogP contribution < -0.4 is 0 Å². The van der Waals surface area contributed by atoms with Crippen molar-refractivity contribution in [3.63, 3.8) is 0 Å². The average Bonchev–Trinajstić information content (AvgIpc) is 3.35. The van der Waals surface area contributed by atoms with Crippen molar-refractivity contribution in [3.05, 3.63) is 11.6 Å². The van der Waals surface area contributed by atoms with Crippen LogP contribution in [0.15, 0.2) is 11.6 Å². The van der Waals surface area contributed by atoms with Gasteiger partial charge in [-0.3, -0.25) is 9.59 Å². The summed E-state index contributed by atoms with van der Waals surface area (Å²) in [5.74, 6) is 2.80. The largest absolute Gasteiger partial charge is 0.462 e. The summed E-state index contributed by atoms with van der Waals surface area (Å²) in [7, 11) is 0. The lowest BCUT2D eigenvalue weighted by Crippen LogP contribution is -2.54. The first-order chi connectivity index (χ1) is 17.7. The van der Waals surface area contributed by atoms with E-state index in [1.54, 1.807) is 6.92 Å². The number of esters is 2. The van der Waals surface area contributed by atoms with Crippen molar-refractivity contribution in [2.24, 2.45) is 46.3 Å². The Kier molecular flexibility index (Phi) is 6.93. The van der Waals surface area contributed by atoms with Crippen LogP contribution in [-0.2, 0) is 23.8 Å². The van der Waals surface area contributed by atoms with Crippen LogP contribution in [0.3, 0.4) is 0 Å². The molecule has 38 heavy (non-hydrogen) atoms. The van der Waals surface area contributed by atoms with E-state index in [1.165, 1.54) is 31.8 Å². The van der Waals surface area contributed by atoms with E-state index in [9.17, 15) is 9.59 Å². The topological polar surface area (TPSA) is 65.1 Å². The molecule has 1 heterocycles. The van der Waals surface area contributed by atoms with E-state index in [4.69, 9.17) is 14.2 Å². The molecule has 0 unspecified atom stereocenters. The molecule has 0 radical (unpaired) electrons. The minimum atomic E-state index is -0.431. The molecular formula is C33H52O5. The van der Waals surface area contributed by atoms with Gasteiger partial charge in [-0.25, -0.2) is 0 Å². The third-order valence-electron chi connectivity index (χ3n) is 12.9. The summed E-state index contributed by atoms with van der Waals surface area (Å²) >= 11 is 0. The van der Waals surface area contributed by atoms with E-state index in [-0.39, 0.29) is 46.5 Å². The van der Waals surface area contributed by atoms with Crippen LogP contribution in [0.25, 0.3) is 0 Å². The zero-order chi connectivity index (χ0) is 27.8. The number of carbonyl (C=O) groups is 2. The molecule has 0 aromatic heterocycles. The van der Waals surface area contributed by atoms with Gasteiger partial charge in [0.25, 0.3) is 0 Å². The van der Waals surface area contributed by atoms with Crippen LogP contribution in [0.1, 0.15) is 114 Å². The molecule has 0 aromatic carbocycles. The Morgan fingerprint density at radius 2 is 1.61 bits per heavy atom. The maximum Gasteiger partial charge on any atom is 0.303 e. The van der Waals surface area contributed by atoms with Crippen LogP contribution in [-0.4, -0.2) is 35.3 Å². The number of ether oxygens (including phenoxy) is 3. The second kappa shape index (κ2) is 9.35. The quantitative estimate of drug-likeness (QED) is 0.206. The predicted octanol–water partition coefficient (Wildman–Crippen LogP) is 7.27. The highest BCUT2D eigenvalue weighted by Gasteiger charge is 2.82. The molecule has 11 atom stereocenters. The molecule has 5 nitrogen and oxygen atoms in total. The summed E-state index contributed by atoms with van der Waals surface area (Å²) in [5, 5.41) is 0. The Labute approximate surface area is 230 Å². The Hall–Kier alpha value is -1.36. The number of carbonyl (C=O) groups excluding carboxylic acids is 2. The summed E-state index contributed by atoms with van der Waals surface area (Å²) in [6.07, 6.45) is 11.1. The van der Waals surface area contributed by atoms with Crippen molar-refractivity contribution in [1.29, 1.82) is 0 Å². The van der Waals surface area contributed by atoms with Gasteiger partial charge < -0.3 is 14.2 Å². The number of fused-ring (bicyclic) bond motifs is 6. The predicted molar refractivity (Wildman–Crippen MR) is 148 cm³/mol. The van der Waals surface area contributed by atoms with Gasteiger partial charge in [-0.2, -0.15) is 0 Å². The molecule has 1 aliphatic heterocycles. The SMILES string of the molecule is CC(=O)O[C@@H]1CC[C@]2(C)C(=CC[C@@H]3[C@H]2CC[C@]2(C)[C@H]3CC[C@]23O[C@]3(C)[C@@H](OC(C)=O)[C@@H](C)[C@@H](C)C(C)C)C1. The van der Waals surface area contributed by atoms with Gasteiger partial charge in [0.2, 0.25) is 0 Å². The van der Waals surface area contributed by atoms with Gasteiger partial charge in [-0.1, -0.05) is 53.2 Å². The zero-order valence-electron chi connectivity index (χ0n) is 25.4. The molecule has 4 fully saturated rings. The molecule has 0 N–H and O–H groups in total. The van der Waals surface area contributed by atoms with Crippen LogP contribution in [0.4, 0.5) is 0 Å². The first kappa shape index (κ1) is 28.2. The highest BCUT2D eigenvalue weighted by Crippen LogP contribution is 2.76. The van der Waals surface area contributed by atoms with Crippen LogP contribution >= 0.6 is 0 Å². The Balaban J connectivity index is 1.40. The summed E-state index contributed by atoms with van der Waals surface area (Å²) in [6, 6.07) is 0. The van der Waals surface area contributed by atoms with Gasteiger partial charge in [0, 0.05) is 25.7 Å². The molecule has 4 aliphatic carbocycles. The summed E-state index contributed by atoms with van der Waals surface area (Å²) in [5.41, 5.74) is 1.20. The smallest absolute Gasteiger partial charge is 0.303 e. The third-order valence-corrected chi connectivity index (χ3v) is 12.9. The van der Waals surface area contributed by atoms with Crippen molar-refractivity contribution in [1.82, 2.24) is 0 Å². The molecule has 5 aliphatic rings. The number of allylic oxidation sites excluding steroid dienone is 1. The molecule has 214 valence electrons. The fourth-order valence-corrected chi connectivity index (χ4v) is 10.4. The van der Waals surface area contributed by atoms with Crippen molar-refractivity contribution in [2.45, 2.75) is 137 Å². The van der Waals surface area contributed by atoms with Crippen LogP contribution in [0.2, 0.25) is 0 Å². The van der Waals surface area contributed by atoms with Crippen LogP contribution in [0.5, 0.6) is 0 Å². The number of hydrogen-bond donors (Lipinski definition) is 0. The standard InChI is InChI=1S/C33H52O5/c1-19(2)20(3)21(4)29(37-23(6)35)32(9)33(38-32)17-14-28-26-11-10-24-18-25(36-22(5)34)12-15-30(24,7)27(26)13-16-31(28,33)8/h10,19-21,25-29H,11-18H2,1-9H3/t20-,21-,25+,26+,27+,28-,29-,30+,31+,32+,33-/m0/s1. The van der Waals surface area contributed by atoms with E-state index < -0.39 is 5.60 Å². The molecule has 0 amide bonds. The number of hydrogen-bond acceptors (Lipinski definition) is 5. The minimum absolute atomic E-state index is 0.0426. The molecule has 3 saturated carbocycles. The molecule has 1 saturated heterocycles. The Bertz CT molecular complexity index is 1000. The fraction of sp³-hybridized carbons (Fsp3) is 0.879. The van der Waals surface area contributed by atoms with Crippen molar-refractivity contribution < 1.29 is 23.8 Å². The maximum absolute atomic E-state index is 12.3. The lowest BCUT2D eigenvalue weighted by atomic mass is 9.46. The Morgan fingerprint density at radius 3 is 2.24 bits per heavy atom. The zero-order valence-corrected chi connectivity index (χ0v) is 25.4. The van der Waals surface area contributed by atoms with Crippen LogP contribution in [0, 0.1) is 46.3 Å². The summed E-state index contributed by atoms with van der Waals surface area (Å²) in [4.78, 5) is 23.9. The number of epoxide rings is 1. The van der Waals surface area contributed by atoms with Gasteiger partial charge in [0.05, 0.1) is 0 Å². The Morgan fingerprint density at radius 1 is 0.921 bits per heavy atom. The normalized spacial score (nSPS) is 45.8. The second-order valence-corrected chi connectivity index (χ2v) is 14.8. The van der Waals surface area contributed by atoms with Gasteiger partial charge in [-0.15, -0.1) is 0 Å². The van der Waals surface area contributed by atoms with Gasteiger partial charge in [0.15, 0.2) is 0 Å². The molecular weight excluding hydrogens is 476 g/mol. The fourth-order valence-electron chi connectivity index (χ4n) is 10.4. The highest BCUT2D eigenvalue weighted by molar-refractivity contribution is 5.66. The third kappa shape index (κ3) is 3.95. The lowest BCUT2D eigenvalue weighted by Gasteiger charge is -2.58. The molecule has 1 spiro atoms. The van der Waals surface area contributed by atoms with E-state index >= 15 is 0 Å². The van der Waals surface area contributed by atoms with E-state index in [0.717, 1.165) is 32.1 Å². The van der Waals surface area contributed by atoms with E-state index in [0.29, 0.717) is 29.6 Å². The number of rotatable bonds is 6. The minimum Gasteiger partial charge on any atom is -0.462 e. The monoisotopic (exact) mass is 528 g/mol. The highest BCUT2D eigenvalue weighted by atomic mass is 16.7. The van der Waals surface area contributed by atoms with Crippen molar-refractivity contribution >= 4 is 11.9 Å². The molecule has 5 heteroatoms. The van der Waals surface area contributed by atoms with E-state index in [1.807, 2.05) is 0 Å². The van der Waals surface area contributed by atoms with Gasteiger partial charge in [0.1, 0.15) is 23.4 Å².